The highest BCUT2D eigenvalue weighted by molar-refractivity contribution is 6.51. The van der Waals surface area contributed by atoms with Crippen molar-refractivity contribution in [2.45, 2.75) is 19.9 Å². The number of rotatable bonds is 5. The Morgan fingerprint density at radius 2 is 1.71 bits per heavy atom. The van der Waals surface area contributed by atoms with Gasteiger partial charge in [0.2, 0.25) is 0 Å². The molecule has 0 bridgehead atoms. The number of anilines is 1. The van der Waals surface area contributed by atoms with E-state index in [1.807, 2.05) is 62.4 Å². The average Bonchev–Trinajstić information content (AvgIpc) is 3.39. The van der Waals surface area contributed by atoms with E-state index in [1.54, 1.807) is 30.5 Å². The highest BCUT2D eigenvalue weighted by Gasteiger charge is 2.47. The minimum atomic E-state index is -0.787. The number of carbonyl (C=O) groups excluding carboxylic acids is 2. The number of aliphatic hydroxyl groups excluding tert-OH is 1. The first kappa shape index (κ1) is 21.5. The number of H-pyrrole nitrogens is 1. The number of benzene rings is 3. The van der Waals surface area contributed by atoms with Crippen molar-refractivity contribution in [2.24, 2.45) is 0 Å². The maximum Gasteiger partial charge on any atom is 0.300 e. The summed E-state index contributed by atoms with van der Waals surface area (Å²) in [5.74, 6) is -0.951. The molecule has 1 fully saturated rings. The minimum absolute atomic E-state index is 0.0551. The molecule has 1 aliphatic heterocycles. The largest absolute Gasteiger partial charge is 0.507 e. The van der Waals surface area contributed by atoms with Crippen molar-refractivity contribution in [1.29, 1.82) is 0 Å². The van der Waals surface area contributed by atoms with Gasteiger partial charge in [-0.2, -0.15) is 0 Å². The fourth-order valence-corrected chi connectivity index (χ4v) is 4.45. The molecule has 2 N–H and O–H groups in total. The summed E-state index contributed by atoms with van der Waals surface area (Å²) in [6.07, 6.45) is 1.80. The molecule has 6 heteroatoms. The fourth-order valence-electron chi connectivity index (χ4n) is 4.45. The van der Waals surface area contributed by atoms with Crippen molar-refractivity contribution < 1.29 is 19.4 Å². The van der Waals surface area contributed by atoms with E-state index in [2.05, 4.69) is 4.98 Å². The Labute approximate surface area is 197 Å². The molecule has 1 unspecified atom stereocenters. The highest BCUT2D eigenvalue weighted by Crippen LogP contribution is 2.44. The van der Waals surface area contributed by atoms with Gasteiger partial charge < -0.3 is 14.8 Å². The number of aromatic amines is 1. The Bertz CT molecular complexity index is 1420. The van der Waals surface area contributed by atoms with Crippen LogP contribution in [0.25, 0.3) is 16.7 Å². The Morgan fingerprint density at radius 1 is 1.00 bits per heavy atom. The van der Waals surface area contributed by atoms with Crippen LogP contribution in [0, 0.1) is 6.92 Å². The normalized spacial score (nSPS) is 17.5. The zero-order chi connectivity index (χ0) is 23.8. The molecular weight excluding hydrogens is 428 g/mol. The van der Waals surface area contributed by atoms with Crippen LogP contribution in [0.2, 0.25) is 0 Å². The minimum Gasteiger partial charge on any atom is -0.507 e. The van der Waals surface area contributed by atoms with Crippen LogP contribution in [0.15, 0.2) is 84.6 Å². The number of aromatic nitrogens is 1. The molecule has 1 aromatic heterocycles. The van der Waals surface area contributed by atoms with Gasteiger partial charge in [-0.25, -0.2) is 0 Å². The van der Waals surface area contributed by atoms with Crippen molar-refractivity contribution in [3.8, 4) is 5.75 Å². The molecule has 34 heavy (non-hydrogen) atoms. The average molecular weight is 453 g/mol. The van der Waals surface area contributed by atoms with Gasteiger partial charge in [0.15, 0.2) is 0 Å². The summed E-state index contributed by atoms with van der Waals surface area (Å²) in [5, 5.41) is 12.2. The van der Waals surface area contributed by atoms with Gasteiger partial charge >= 0.3 is 0 Å². The third-order valence-electron chi connectivity index (χ3n) is 6.11. The van der Waals surface area contributed by atoms with Crippen molar-refractivity contribution in [3.63, 3.8) is 0 Å². The van der Waals surface area contributed by atoms with Gasteiger partial charge in [-0.15, -0.1) is 0 Å². The van der Waals surface area contributed by atoms with E-state index >= 15 is 0 Å². The predicted molar refractivity (Wildman–Crippen MR) is 132 cm³/mol. The van der Waals surface area contributed by atoms with Gasteiger partial charge in [0.25, 0.3) is 11.7 Å². The molecule has 1 saturated heterocycles. The molecule has 4 aromatic rings. The molecule has 1 amide bonds. The number of amides is 1. The third kappa shape index (κ3) is 3.53. The molecule has 2 heterocycles. The van der Waals surface area contributed by atoms with Crippen LogP contribution < -0.4 is 9.64 Å². The number of aliphatic hydroxyl groups is 1. The van der Waals surface area contributed by atoms with Crippen LogP contribution in [-0.4, -0.2) is 28.4 Å². The van der Waals surface area contributed by atoms with E-state index in [0.717, 1.165) is 22.0 Å². The predicted octanol–water partition coefficient (Wildman–Crippen LogP) is 5.50. The zero-order valence-electron chi connectivity index (χ0n) is 18.9. The number of hydrogen-bond acceptors (Lipinski definition) is 4. The highest BCUT2D eigenvalue weighted by atomic mass is 16.5. The molecule has 5 rings (SSSR count). The molecule has 0 saturated carbocycles. The topological polar surface area (TPSA) is 82.6 Å². The second-order valence-corrected chi connectivity index (χ2v) is 8.25. The molecule has 0 radical (unpaired) electrons. The standard InChI is InChI=1S/C28H24N2O4/c1-3-34-20-14-10-18(11-15-20)26(31)24-25(22-16-29-23-7-5-4-6-21(22)23)30(28(33)27(24)32)19-12-8-17(2)9-13-19/h4-16,25,29,31H,3H2,1-2H3/b26-24+. The molecule has 3 aromatic carbocycles. The fraction of sp³-hybridized carbons (Fsp3) is 0.143. The van der Waals surface area contributed by atoms with Crippen LogP contribution >= 0.6 is 0 Å². The van der Waals surface area contributed by atoms with Crippen molar-refractivity contribution >= 4 is 34.0 Å². The summed E-state index contributed by atoms with van der Waals surface area (Å²) < 4.78 is 5.49. The van der Waals surface area contributed by atoms with Gasteiger partial charge in [0, 0.05) is 33.9 Å². The lowest BCUT2D eigenvalue weighted by atomic mass is 9.94. The third-order valence-corrected chi connectivity index (χ3v) is 6.11. The maximum absolute atomic E-state index is 13.3. The first-order valence-corrected chi connectivity index (χ1v) is 11.2. The first-order chi connectivity index (χ1) is 16.5. The van der Waals surface area contributed by atoms with Crippen LogP contribution in [0.1, 0.15) is 29.7 Å². The molecule has 6 nitrogen and oxygen atoms in total. The second kappa shape index (κ2) is 8.56. The van der Waals surface area contributed by atoms with Gasteiger partial charge in [-0.3, -0.25) is 14.5 Å². The van der Waals surface area contributed by atoms with E-state index in [0.29, 0.717) is 23.6 Å². The van der Waals surface area contributed by atoms with Crippen LogP contribution in [0.4, 0.5) is 5.69 Å². The monoisotopic (exact) mass is 452 g/mol. The Balaban J connectivity index is 1.72. The Hall–Kier alpha value is -4.32. The summed E-state index contributed by atoms with van der Waals surface area (Å²) in [6.45, 7) is 4.37. The number of hydrogen-bond donors (Lipinski definition) is 2. The van der Waals surface area contributed by atoms with Crippen molar-refractivity contribution in [1.82, 2.24) is 4.98 Å². The number of carbonyl (C=O) groups is 2. The SMILES string of the molecule is CCOc1ccc(/C(O)=C2\C(=O)C(=O)N(c3ccc(C)cc3)C2c2c[nH]c3ccccc23)cc1. The number of Topliss-reactive ketones (excluding diaryl/α,β-unsaturated/α-hetero) is 1. The maximum atomic E-state index is 13.3. The Kier molecular flexibility index (Phi) is 5.42. The molecule has 1 aliphatic rings. The van der Waals surface area contributed by atoms with Gasteiger partial charge in [0.05, 0.1) is 18.2 Å². The summed E-state index contributed by atoms with van der Waals surface area (Å²) >= 11 is 0. The molecule has 0 spiro atoms. The van der Waals surface area contributed by atoms with E-state index < -0.39 is 17.7 Å². The van der Waals surface area contributed by atoms with Crippen LogP contribution in [0.3, 0.4) is 0 Å². The van der Waals surface area contributed by atoms with Crippen molar-refractivity contribution in [3.05, 3.63) is 101 Å². The first-order valence-electron chi connectivity index (χ1n) is 11.2. The lowest BCUT2D eigenvalue weighted by Gasteiger charge is -2.25. The van der Waals surface area contributed by atoms with Crippen molar-refractivity contribution in [2.75, 3.05) is 11.5 Å². The van der Waals surface area contributed by atoms with E-state index in [4.69, 9.17) is 4.74 Å². The number of nitrogens with one attached hydrogen (secondary N) is 1. The van der Waals surface area contributed by atoms with Gasteiger partial charge in [-0.1, -0.05) is 35.9 Å². The van der Waals surface area contributed by atoms with Crippen LogP contribution in [-0.2, 0) is 9.59 Å². The molecule has 170 valence electrons. The number of para-hydroxylation sites is 1. The van der Waals surface area contributed by atoms with E-state index in [9.17, 15) is 14.7 Å². The Morgan fingerprint density at radius 3 is 2.41 bits per heavy atom. The van der Waals surface area contributed by atoms with E-state index in [1.165, 1.54) is 4.90 Å². The quantitative estimate of drug-likeness (QED) is 0.238. The van der Waals surface area contributed by atoms with Gasteiger partial charge in [-0.05, 0) is 56.3 Å². The lowest BCUT2D eigenvalue weighted by Crippen LogP contribution is -2.29. The summed E-state index contributed by atoms with van der Waals surface area (Å²) in [5.41, 5.74) is 3.75. The summed E-state index contributed by atoms with van der Waals surface area (Å²) in [6, 6.07) is 21.2. The summed E-state index contributed by atoms with van der Waals surface area (Å²) in [7, 11) is 0. The lowest BCUT2D eigenvalue weighted by molar-refractivity contribution is -0.132. The van der Waals surface area contributed by atoms with E-state index in [-0.39, 0.29) is 11.3 Å². The number of ketones is 1. The summed E-state index contributed by atoms with van der Waals surface area (Å²) in [4.78, 5) is 31.4. The number of ether oxygens (including phenoxy) is 1. The second-order valence-electron chi connectivity index (χ2n) is 8.25. The number of fused-ring (bicyclic) bond motifs is 1. The zero-order valence-corrected chi connectivity index (χ0v) is 18.9. The van der Waals surface area contributed by atoms with Gasteiger partial charge in [0.1, 0.15) is 11.5 Å². The molecular formula is C28H24N2O4. The molecule has 0 aliphatic carbocycles. The smallest absolute Gasteiger partial charge is 0.300 e. The van der Waals surface area contributed by atoms with Crippen LogP contribution in [0.5, 0.6) is 5.75 Å². The number of nitrogens with zero attached hydrogens (tertiary/aromatic N) is 1. The number of aryl methyl sites for hydroxylation is 1. The molecule has 1 atom stereocenters.